The van der Waals surface area contributed by atoms with Crippen LogP contribution in [0.15, 0.2) is 86.2 Å². The Morgan fingerprint density at radius 1 is 1.16 bits per heavy atom. The van der Waals surface area contributed by atoms with E-state index in [1.54, 1.807) is 11.5 Å². The third-order valence-corrected chi connectivity index (χ3v) is 6.36. The number of aromatic nitrogens is 1. The van der Waals surface area contributed by atoms with Crippen molar-refractivity contribution >= 4 is 45.4 Å². The molecule has 0 radical (unpaired) electrons. The lowest BCUT2D eigenvalue weighted by Crippen LogP contribution is -2.38. The van der Waals surface area contributed by atoms with Gasteiger partial charge < -0.3 is 4.74 Å². The molecular formula is C24H19BrN2O3S. The molecule has 0 unspecified atom stereocenters. The van der Waals surface area contributed by atoms with Crippen LogP contribution in [0.5, 0.6) is 0 Å². The third kappa shape index (κ3) is 4.38. The fourth-order valence-electron chi connectivity index (χ4n) is 3.43. The van der Waals surface area contributed by atoms with Crippen molar-refractivity contribution in [3.8, 4) is 0 Å². The molecule has 2 heterocycles. The maximum absolute atomic E-state index is 13.3. The highest BCUT2D eigenvalue weighted by Crippen LogP contribution is 2.26. The van der Waals surface area contributed by atoms with Crippen molar-refractivity contribution in [2.75, 3.05) is 7.11 Å². The van der Waals surface area contributed by atoms with Crippen LogP contribution in [-0.4, -0.2) is 17.6 Å². The number of allylic oxidation sites excluding steroid dienone is 2. The zero-order valence-corrected chi connectivity index (χ0v) is 19.3. The number of benzene rings is 2. The second kappa shape index (κ2) is 8.99. The van der Waals surface area contributed by atoms with Crippen LogP contribution in [0.3, 0.4) is 0 Å². The molecule has 7 heteroatoms. The lowest BCUT2D eigenvalue weighted by molar-refractivity contribution is -0.136. The van der Waals surface area contributed by atoms with Crippen molar-refractivity contribution < 1.29 is 9.53 Å². The molecule has 5 nitrogen and oxygen atoms in total. The SMILES string of the molecule is COC(=O)C1=C(C)N=c2s/c(=C\c3cccc(Br)c3)c(=O)n2[C@H]1/C=C/c1ccccc1. The van der Waals surface area contributed by atoms with Crippen molar-refractivity contribution in [1.82, 2.24) is 4.57 Å². The number of thiazole rings is 1. The summed E-state index contributed by atoms with van der Waals surface area (Å²) in [4.78, 5) is 31.0. The van der Waals surface area contributed by atoms with Gasteiger partial charge in [-0.05, 0) is 36.3 Å². The normalized spacial score (nSPS) is 16.4. The first-order valence-electron chi connectivity index (χ1n) is 9.57. The Morgan fingerprint density at radius 2 is 1.90 bits per heavy atom. The lowest BCUT2D eigenvalue weighted by atomic mass is 10.0. The van der Waals surface area contributed by atoms with Gasteiger partial charge in [-0.3, -0.25) is 9.36 Å². The molecular weight excluding hydrogens is 476 g/mol. The summed E-state index contributed by atoms with van der Waals surface area (Å²) in [6.07, 6.45) is 5.59. The number of hydrogen-bond acceptors (Lipinski definition) is 5. The number of nitrogens with zero attached hydrogens (tertiary/aromatic N) is 2. The predicted molar refractivity (Wildman–Crippen MR) is 126 cm³/mol. The Hall–Kier alpha value is -3.03. The van der Waals surface area contributed by atoms with Crippen LogP contribution >= 0.6 is 27.3 Å². The summed E-state index contributed by atoms with van der Waals surface area (Å²) >= 11 is 4.76. The molecule has 31 heavy (non-hydrogen) atoms. The van der Waals surface area contributed by atoms with Crippen molar-refractivity contribution in [2.24, 2.45) is 4.99 Å². The van der Waals surface area contributed by atoms with Gasteiger partial charge in [-0.2, -0.15) is 0 Å². The number of carbonyl (C=O) groups is 1. The number of fused-ring (bicyclic) bond motifs is 1. The van der Waals surface area contributed by atoms with Gasteiger partial charge in [0.1, 0.15) is 0 Å². The van der Waals surface area contributed by atoms with E-state index in [1.807, 2.05) is 72.8 Å². The summed E-state index contributed by atoms with van der Waals surface area (Å²) in [6, 6.07) is 16.8. The van der Waals surface area contributed by atoms with Crippen LogP contribution in [0.4, 0.5) is 0 Å². The second-order valence-electron chi connectivity index (χ2n) is 6.94. The second-order valence-corrected chi connectivity index (χ2v) is 8.87. The van der Waals surface area contributed by atoms with Crippen molar-refractivity contribution in [1.29, 1.82) is 0 Å². The zero-order valence-electron chi connectivity index (χ0n) is 16.9. The summed E-state index contributed by atoms with van der Waals surface area (Å²) < 4.78 is 8.04. The van der Waals surface area contributed by atoms with E-state index in [0.717, 1.165) is 15.6 Å². The van der Waals surface area contributed by atoms with Crippen molar-refractivity contribution in [3.05, 3.63) is 107 Å². The van der Waals surface area contributed by atoms with Crippen LogP contribution in [0.1, 0.15) is 24.1 Å². The highest BCUT2D eigenvalue weighted by Gasteiger charge is 2.30. The molecule has 156 valence electrons. The van der Waals surface area contributed by atoms with E-state index in [9.17, 15) is 9.59 Å². The summed E-state index contributed by atoms with van der Waals surface area (Å²) in [5.41, 5.74) is 2.58. The van der Waals surface area contributed by atoms with Gasteiger partial charge in [0.15, 0.2) is 4.80 Å². The topological polar surface area (TPSA) is 60.7 Å². The molecule has 0 aliphatic carbocycles. The Bertz CT molecular complexity index is 1380. The molecule has 4 rings (SSSR count). The maximum Gasteiger partial charge on any atom is 0.338 e. The number of esters is 1. The van der Waals surface area contributed by atoms with Crippen molar-refractivity contribution in [3.63, 3.8) is 0 Å². The van der Waals surface area contributed by atoms with Crippen LogP contribution in [0.2, 0.25) is 0 Å². The fourth-order valence-corrected chi connectivity index (χ4v) is 4.90. The summed E-state index contributed by atoms with van der Waals surface area (Å²) in [5, 5.41) is 0. The number of halogens is 1. The smallest absolute Gasteiger partial charge is 0.338 e. The fraction of sp³-hybridized carbons (Fsp3) is 0.125. The molecule has 1 aliphatic rings. The first kappa shape index (κ1) is 21.2. The maximum atomic E-state index is 13.3. The minimum atomic E-state index is -0.603. The molecule has 0 N–H and O–H groups in total. The van der Waals surface area contributed by atoms with Gasteiger partial charge in [0.05, 0.1) is 29.0 Å². The van der Waals surface area contributed by atoms with Gasteiger partial charge in [-0.15, -0.1) is 0 Å². The number of rotatable bonds is 4. The minimum Gasteiger partial charge on any atom is -0.466 e. The molecule has 0 bridgehead atoms. The number of methoxy groups -OCH3 is 1. The molecule has 1 atom stereocenters. The molecule has 2 aromatic carbocycles. The van der Waals surface area contributed by atoms with Gasteiger partial charge in [0.25, 0.3) is 5.56 Å². The standard InChI is InChI=1S/C24H19BrN2O3S/c1-15-21(23(29)30-2)19(12-11-16-7-4-3-5-8-16)27-22(28)20(31-24(27)26-15)14-17-9-6-10-18(25)13-17/h3-14,19H,1-2H3/b12-11+,20-14-/t19-/m0/s1. The minimum absolute atomic E-state index is 0.194. The van der Waals surface area contributed by atoms with Gasteiger partial charge in [-0.25, -0.2) is 9.79 Å². The first-order chi connectivity index (χ1) is 15.0. The largest absolute Gasteiger partial charge is 0.466 e. The zero-order chi connectivity index (χ0) is 22.0. The van der Waals surface area contributed by atoms with Crippen LogP contribution in [0, 0.1) is 0 Å². The molecule has 0 saturated carbocycles. The van der Waals surface area contributed by atoms with E-state index in [-0.39, 0.29) is 5.56 Å². The van der Waals surface area contributed by atoms with Crippen molar-refractivity contribution in [2.45, 2.75) is 13.0 Å². The Kier molecular flexibility index (Phi) is 6.15. The monoisotopic (exact) mass is 494 g/mol. The Balaban J connectivity index is 1.89. The quantitative estimate of drug-likeness (QED) is 0.517. The van der Waals surface area contributed by atoms with Gasteiger partial charge in [-0.1, -0.05) is 81.9 Å². The average Bonchev–Trinajstić information content (AvgIpc) is 3.06. The predicted octanol–water partition coefficient (Wildman–Crippen LogP) is 3.84. The molecule has 1 aromatic heterocycles. The van der Waals surface area contributed by atoms with E-state index in [2.05, 4.69) is 20.9 Å². The molecule has 0 amide bonds. The Morgan fingerprint density at radius 3 is 2.61 bits per heavy atom. The Labute approximate surface area is 191 Å². The molecule has 3 aromatic rings. The van der Waals surface area contributed by atoms with E-state index in [1.165, 1.54) is 18.4 Å². The highest BCUT2D eigenvalue weighted by molar-refractivity contribution is 9.10. The molecule has 0 fully saturated rings. The van der Waals surface area contributed by atoms with Crippen LogP contribution in [0.25, 0.3) is 12.2 Å². The van der Waals surface area contributed by atoms with E-state index in [4.69, 9.17) is 4.74 Å². The first-order valence-corrected chi connectivity index (χ1v) is 11.2. The number of carbonyl (C=O) groups excluding carboxylic acids is 1. The van der Waals surface area contributed by atoms with Gasteiger partial charge in [0, 0.05) is 4.47 Å². The van der Waals surface area contributed by atoms with Crippen LogP contribution in [-0.2, 0) is 9.53 Å². The summed E-state index contributed by atoms with van der Waals surface area (Å²) in [7, 11) is 1.33. The highest BCUT2D eigenvalue weighted by atomic mass is 79.9. The average molecular weight is 495 g/mol. The molecule has 0 saturated heterocycles. The summed E-state index contributed by atoms with van der Waals surface area (Å²) in [6.45, 7) is 1.76. The number of ether oxygens (including phenoxy) is 1. The molecule has 0 spiro atoms. The van der Waals surface area contributed by atoms with E-state index >= 15 is 0 Å². The van der Waals surface area contributed by atoms with E-state index < -0.39 is 12.0 Å². The van der Waals surface area contributed by atoms with E-state index in [0.29, 0.717) is 20.6 Å². The summed E-state index contributed by atoms with van der Waals surface area (Å²) in [5.74, 6) is -0.495. The third-order valence-electron chi connectivity index (χ3n) is 4.89. The molecule has 1 aliphatic heterocycles. The van der Waals surface area contributed by atoms with Gasteiger partial charge >= 0.3 is 5.97 Å². The van der Waals surface area contributed by atoms with Gasteiger partial charge in [0.2, 0.25) is 0 Å². The lowest BCUT2D eigenvalue weighted by Gasteiger charge is -2.21. The number of hydrogen-bond donors (Lipinski definition) is 0. The van der Waals surface area contributed by atoms with Crippen LogP contribution < -0.4 is 14.9 Å².